The maximum Gasteiger partial charge on any atom is 0.146 e. The monoisotopic (exact) mass is 268 g/mol. The molecule has 1 fully saturated rings. The van der Waals surface area contributed by atoms with Crippen molar-refractivity contribution in [2.75, 3.05) is 6.54 Å². The zero-order valence-corrected chi connectivity index (χ0v) is 11.6. The van der Waals surface area contributed by atoms with Gasteiger partial charge in [-0.15, -0.1) is 0 Å². The first-order valence-electron chi connectivity index (χ1n) is 7.32. The topological polar surface area (TPSA) is 56.0 Å². The first-order chi connectivity index (χ1) is 9.73. The molecule has 1 saturated carbocycles. The summed E-state index contributed by atoms with van der Waals surface area (Å²) >= 11 is 0. The number of aromatic nitrogens is 1. The highest BCUT2D eigenvalue weighted by atomic mass is 16.1. The third-order valence-electron chi connectivity index (χ3n) is 4.54. The van der Waals surface area contributed by atoms with Crippen LogP contribution in [0.1, 0.15) is 31.4 Å². The number of carbonyl (C=O) groups excluding carboxylic acids is 1. The predicted molar refractivity (Wildman–Crippen MR) is 80.4 cm³/mol. The van der Waals surface area contributed by atoms with Crippen molar-refractivity contribution in [2.24, 2.45) is 11.1 Å². The van der Waals surface area contributed by atoms with E-state index in [1.54, 1.807) is 0 Å². The molecule has 1 aliphatic carbocycles. The Morgan fingerprint density at radius 3 is 2.65 bits per heavy atom. The van der Waals surface area contributed by atoms with Gasteiger partial charge in [-0.2, -0.15) is 0 Å². The van der Waals surface area contributed by atoms with E-state index in [2.05, 4.69) is 4.98 Å². The molecule has 0 radical (unpaired) electrons. The smallest absolute Gasteiger partial charge is 0.146 e. The summed E-state index contributed by atoms with van der Waals surface area (Å²) in [5, 5.41) is 1.11. The summed E-state index contributed by atoms with van der Waals surface area (Å²) in [6, 6.07) is 12.0. The number of rotatable bonds is 4. The Morgan fingerprint density at radius 1 is 1.15 bits per heavy atom. The van der Waals surface area contributed by atoms with E-state index in [0.29, 0.717) is 13.0 Å². The van der Waals surface area contributed by atoms with Crippen molar-refractivity contribution in [1.82, 2.24) is 4.98 Å². The molecule has 0 bridgehead atoms. The molecule has 104 valence electrons. The molecule has 20 heavy (non-hydrogen) atoms. The molecule has 0 amide bonds. The Kier molecular flexibility index (Phi) is 3.53. The van der Waals surface area contributed by atoms with Crippen LogP contribution in [0.15, 0.2) is 36.4 Å². The summed E-state index contributed by atoms with van der Waals surface area (Å²) in [5.41, 5.74) is 7.39. The molecule has 1 aromatic carbocycles. The van der Waals surface area contributed by atoms with Gasteiger partial charge in [0.2, 0.25) is 0 Å². The molecule has 3 nitrogen and oxygen atoms in total. The molecule has 1 aromatic heterocycles. The molecule has 2 N–H and O–H groups in total. The van der Waals surface area contributed by atoms with Gasteiger partial charge in [0.15, 0.2) is 0 Å². The van der Waals surface area contributed by atoms with E-state index in [9.17, 15) is 4.79 Å². The number of pyridine rings is 1. The number of hydrogen-bond donors (Lipinski definition) is 1. The van der Waals surface area contributed by atoms with Crippen molar-refractivity contribution < 1.29 is 4.79 Å². The molecule has 3 heteroatoms. The highest BCUT2D eigenvalue weighted by Crippen LogP contribution is 2.38. The van der Waals surface area contributed by atoms with Gasteiger partial charge in [-0.1, -0.05) is 37.1 Å². The van der Waals surface area contributed by atoms with Crippen molar-refractivity contribution in [3.05, 3.63) is 42.1 Å². The fourth-order valence-electron chi connectivity index (χ4n) is 3.21. The van der Waals surface area contributed by atoms with Crippen LogP contribution in [0, 0.1) is 5.41 Å². The Balaban J connectivity index is 1.83. The average Bonchev–Trinajstić information content (AvgIpc) is 2.97. The lowest BCUT2D eigenvalue weighted by Gasteiger charge is -2.25. The minimum Gasteiger partial charge on any atom is -0.329 e. The minimum atomic E-state index is -0.284. The van der Waals surface area contributed by atoms with Crippen LogP contribution in [0.25, 0.3) is 10.9 Å². The third-order valence-corrected chi connectivity index (χ3v) is 4.54. The molecule has 0 unspecified atom stereocenters. The number of benzene rings is 1. The van der Waals surface area contributed by atoms with Crippen LogP contribution in [0.2, 0.25) is 0 Å². The molecule has 2 aromatic rings. The molecular formula is C17H20N2O. The summed E-state index contributed by atoms with van der Waals surface area (Å²) < 4.78 is 0. The summed E-state index contributed by atoms with van der Waals surface area (Å²) in [4.78, 5) is 17.2. The molecule has 1 heterocycles. The Hall–Kier alpha value is -1.74. The van der Waals surface area contributed by atoms with Crippen LogP contribution in [-0.4, -0.2) is 17.3 Å². The van der Waals surface area contributed by atoms with Crippen LogP contribution in [0.3, 0.4) is 0 Å². The quantitative estimate of drug-likeness (QED) is 0.927. The van der Waals surface area contributed by atoms with Crippen LogP contribution >= 0.6 is 0 Å². The highest BCUT2D eigenvalue weighted by Gasteiger charge is 2.39. The van der Waals surface area contributed by atoms with Gasteiger partial charge < -0.3 is 5.73 Å². The molecule has 0 aliphatic heterocycles. The second kappa shape index (κ2) is 5.33. The number of Topliss-reactive ketones (excluding diaryl/α,β-unsaturated/α-hetero) is 1. The van der Waals surface area contributed by atoms with E-state index < -0.39 is 0 Å². The second-order valence-electron chi connectivity index (χ2n) is 5.79. The van der Waals surface area contributed by atoms with Crippen molar-refractivity contribution in [2.45, 2.75) is 32.1 Å². The van der Waals surface area contributed by atoms with Crippen molar-refractivity contribution in [1.29, 1.82) is 0 Å². The zero-order chi connectivity index (χ0) is 14.0. The Bertz CT molecular complexity index is 630. The number of para-hydroxylation sites is 1. The maximum atomic E-state index is 12.6. The van der Waals surface area contributed by atoms with Gasteiger partial charge in [0.05, 0.1) is 5.52 Å². The maximum absolute atomic E-state index is 12.6. The lowest BCUT2D eigenvalue weighted by Crippen LogP contribution is -2.37. The zero-order valence-electron chi connectivity index (χ0n) is 11.6. The molecule has 0 saturated heterocycles. The van der Waals surface area contributed by atoms with Crippen molar-refractivity contribution in [3.63, 3.8) is 0 Å². The number of ketones is 1. The summed E-state index contributed by atoms with van der Waals surface area (Å²) in [5.74, 6) is 0.264. The van der Waals surface area contributed by atoms with E-state index in [-0.39, 0.29) is 11.2 Å². The number of nitrogens with two attached hydrogens (primary N) is 1. The number of hydrogen-bond acceptors (Lipinski definition) is 3. The Morgan fingerprint density at radius 2 is 1.90 bits per heavy atom. The molecular weight excluding hydrogens is 248 g/mol. The molecule has 3 rings (SSSR count). The predicted octanol–water partition coefficient (Wildman–Crippen LogP) is 2.87. The van der Waals surface area contributed by atoms with Crippen LogP contribution in [-0.2, 0) is 11.2 Å². The van der Waals surface area contributed by atoms with Gasteiger partial charge in [-0.3, -0.25) is 9.78 Å². The molecule has 0 spiro atoms. The minimum absolute atomic E-state index is 0.264. The fraction of sp³-hybridized carbons (Fsp3) is 0.412. The second-order valence-corrected chi connectivity index (χ2v) is 5.79. The SMILES string of the molecule is NCC1(C(=O)Cc2ccc3ccccc3n2)CCCC1. The van der Waals surface area contributed by atoms with Crippen LogP contribution < -0.4 is 5.73 Å². The summed E-state index contributed by atoms with van der Waals surface area (Å²) in [6.07, 6.45) is 4.52. The third kappa shape index (κ3) is 2.34. The fourth-order valence-corrected chi connectivity index (χ4v) is 3.21. The lowest BCUT2D eigenvalue weighted by molar-refractivity contribution is -0.127. The van der Waals surface area contributed by atoms with Gasteiger partial charge in [-0.25, -0.2) is 0 Å². The van der Waals surface area contributed by atoms with Gasteiger partial charge in [-0.05, 0) is 25.0 Å². The first-order valence-corrected chi connectivity index (χ1v) is 7.32. The van der Waals surface area contributed by atoms with E-state index in [1.165, 1.54) is 0 Å². The van der Waals surface area contributed by atoms with Gasteiger partial charge in [0.1, 0.15) is 5.78 Å². The average molecular weight is 268 g/mol. The van der Waals surface area contributed by atoms with Gasteiger partial charge in [0, 0.05) is 29.5 Å². The summed E-state index contributed by atoms with van der Waals surface area (Å²) in [6.45, 7) is 0.472. The Labute approximate surface area is 119 Å². The standard InChI is InChI=1S/C17H20N2O/c18-12-17(9-3-4-10-17)16(20)11-14-8-7-13-5-1-2-6-15(13)19-14/h1-2,5-8H,3-4,9-12,18H2. The van der Waals surface area contributed by atoms with Gasteiger partial charge >= 0.3 is 0 Å². The number of fused-ring (bicyclic) bond motifs is 1. The summed E-state index contributed by atoms with van der Waals surface area (Å²) in [7, 11) is 0. The van der Waals surface area contributed by atoms with E-state index in [4.69, 9.17) is 5.73 Å². The first kappa shape index (κ1) is 13.3. The van der Waals surface area contributed by atoms with Crippen molar-refractivity contribution in [3.8, 4) is 0 Å². The van der Waals surface area contributed by atoms with Gasteiger partial charge in [0.25, 0.3) is 0 Å². The highest BCUT2D eigenvalue weighted by molar-refractivity contribution is 5.88. The van der Waals surface area contributed by atoms with E-state index >= 15 is 0 Å². The van der Waals surface area contributed by atoms with E-state index in [1.807, 2.05) is 36.4 Å². The number of nitrogens with zero attached hydrogens (tertiary/aromatic N) is 1. The van der Waals surface area contributed by atoms with Crippen molar-refractivity contribution >= 4 is 16.7 Å². The largest absolute Gasteiger partial charge is 0.329 e. The molecule has 0 atom stereocenters. The normalized spacial score (nSPS) is 17.4. The van der Waals surface area contributed by atoms with Crippen LogP contribution in [0.4, 0.5) is 0 Å². The van der Waals surface area contributed by atoms with Crippen LogP contribution in [0.5, 0.6) is 0 Å². The number of carbonyl (C=O) groups is 1. The lowest BCUT2D eigenvalue weighted by atomic mass is 9.80. The van der Waals surface area contributed by atoms with E-state index in [0.717, 1.165) is 42.3 Å². The molecule has 1 aliphatic rings.